The summed E-state index contributed by atoms with van der Waals surface area (Å²) in [5, 5.41) is 3.62. The van der Waals surface area contributed by atoms with Gasteiger partial charge in [0.25, 0.3) is 0 Å². The second kappa shape index (κ2) is 6.59. The van der Waals surface area contributed by atoms with Crippen molar-refractivity contribution < 1.29 is 4.74 Å². The van der Waals surface area contributed by atoms with Crippen LogP contribution >= 0.6 is 0 Å². The third kappa shape index (κ3) is 3.53. The highest BCUT2D eigenvalue weighted by molar-refractivity contribution is 5.33. The molecule has 0 bridgehead atoms. The molecule has 1 aromatic rings. The predicted octanol–water partition coefficient (Wildman–Crippen LogP) is 2.66. The van der Waals surface area contributed by atoms with Crippen LogP contribution in [0.15, 0.2) is 24.3 Å². The fraction of sp³-hybridized carbons (Fsp3) is 0.647. The summed E-state index contributed by atoms with van der Waals surface area (Å²) in [5.74, 6) is 1.85. The van der Waals surface area contributed by atoms with E-state index in [0.29, 0.717) is 0 Å². The van der Waals surface area contributed by atoms with E-state index in [1.165, 1.54) is 37.9 Å². The zero-order valence-corrected chi connectivity index (χ0v) is 12.5. The quantitative estimate of drug-likeness (QED) is 0.827. The number of ether oxygens (including phenoxy) is 1. The van der Waals surface area contributed by atoms with Gasteiger partial charge in [0.1, 0.15) is 5.75 Å². The monoisotopic (exact) mass is 274 g/mol. The second-order valence-electron chi connectivity index (χ2n) is 6.05. The summed E-state index contributed by atoms with van der Waals surface area (Å²) < 4.78 is 5.67. The topological polar surface area (TPSA) is 24.5 Å². The lowest BCUT2D eigenvalue weighted by atomic mass is 10.1. The summed E-state index contributed by atoms with van der Waals surface area (Å²) >= 11 is 0. The summed E-state index contributed by atoms with van der Waals surface area (Å²) in [6.07, 6.45) is 4.22. The normalized spacial score (nSPS) is 23.1. The molecule has 1 N–H and O–H groups in total. The molecule has 110 valence electrons. The third-order valence-corrected chi connectivity index (χ3v) is 4.40. The molecule has 1 unspecified atom stereocenters. The Morgan fingerprint density at radius 2 is 2.10 bits per heavy atom. The lowest BCUT2D eigenvalue weighted by Gasteiger charge is -2.16. The molecule has 0 amide bonds. The molecule has 1 aliphatic carbocycles. The molecule has 1 heterocycles. The van der Waals surface area contributed by atoms with Crippen molar-refractivity contribution in [2.75, 3.05) is 26.2 Å². The van der Waals surface area contributed by atoms with Crippen LogP contribution < -0.4 is 10.1 Å². The van der Waals surface area contributed by atoms with Crippen molar-refractivity contribution in [2.45, 2.75) is 38.8 Å². The molecule has 0 radical (unpaired) electrons. The number of likely N-dealkylation sites (tertiary alicyclic amines) is 1. The molecule has 1 aromatic carbocycles. The van der Waals surface area contributed by atoms with Gasteiger partial charge in [-0.2, -0.15) is 0 Å². The van der Waals surface area contributed by atoms with E-state index in [-0.39, 0.29) is 0 Å². The molecule has 3 nitrogen and oxygen atoms in total. The first-order valence-corrected chi connectivity index (χ1v) is 8.02. The summed E-state index contributed by atoms with van der Waals surface area (Å²) in [7, 11) is 0. The van der Waals surface area contributed by atoms with E-state index < -0.39 is 0 Å². The number of benzene rings is 1. The van der Waals surface area contributed by atoms with Gasteiger partial charge in [-0.05, 0) is 51.3 Å². The van der Waals surface area contributed by atoms with Crippen LogP contribution in [0.3, 0.4) is 0 Å². The highest BCUT2D eigenvalue weighted by Crippen LogP contribution is 2.31. The zero-order chi connectivity index (χ0) is 13.8. The maximum Gasteiger partial charge on any atom is 0.123 e. The first kappa shape index (κ1) is 13.9. The Morgan fingerprint density at radius 3 is 2.90 bits per heavy atom. The van der Waals surface area contributed by atoms with Crippen LogP contribution in [-0.4, -0.2) is 37.2 Å². The SMILES string of the molecule is CCOc1ccccc1CNCC1CCN(C2CC2)C1. The Morgan fingerprint density at radius 1 is 1.25 bits per heavy atom. The van der Waals surface area contributed by atoms with E-state index >= 15 is 0 Å². The molecular formula is C17H26N2O. The average Bonchev–Trinajstić information content (AvgIpc) is 3.21. The van der Waals surface area contributed by atoms with Gasteiger partial charge in [0.2, 0.25) is 0 Å². The van der Waals surface area contributed by atoms with Crippen molar-refractivity contribution in [3.63, 3.8) is 0 Å². The van der Waals surface area contributed by atoms with E-state index in [0.717, 1.165) is 37.4 Å². The van der Waals surface area contributed by atoms with Crippen LogP contribution in [-0.2, 0) is 6.54 Å². The van der Waals surface area contributed by atoms with Gasteiger partial charge in [0.05, 0.1) is 6.61 Å². The van der Waals surface area contributed by atoms with Crippen LogP contribution in [0.25, 0.3) is 0 Å². The number of nitrogens with zero attached hydrogens (tertiary/aromatic N) is 1. The minimum Gasteiger partial charge on any atom is -0.494 e. The van der Waals surface area contributed by atoms with Gasteiger partial charge in [-0.3, -0.25) is 0 Å². The molecule has 1 atom stereocenters. The maximum atomic E-state index is 5.67. The summed E-state index contributed by atoms with van der Waals surface area (Å²) in [6, 6.07) is 9.27. The molecule has 2 aliphatic rings. The highest BCUT2D eigenvalue weighted by atomic mass is 16.5. The van der Waals surface area contributed by atoms with Gasteiger partial charge < -0.3 is 15.0 Å². The molecule has 3 heteroatoms. The average molecular weight is 274 g/mol. The van der Waals surface area contributed by atoms with Gasteiger partial charge in [0, 0.05) is 24.7 Å². The highest BCUT2D eigenvalue weighted by Gasteiger charge is 2.33. The van der Waals surface area contributed by atoms with Crippen LogP contribution in [0.2, 0.25) is 0 Å². The molecule has 0 aromatic heterocycles. The van der Waals surface area contributed by atoms with Crippen molar-refractivity contribution in [2.24, 2.45) is 5.92 Å². The number of nitrogens with one attached hydrogen (secondary N) is 1. The van der Waals surface area contributed by atoms with Gasteiger partial charge in [-0.1, -0.05) is 18.2 Å². The Labute approximate surface area is 122 Å². The largest absolute Gasteiger partial charge is 0.494 e. The minimum atomic E-state index is 0.732. The maximum absolute atomic E-state index is 5.67. The fourth-order valence-electron chi connectivity index (χ4n) is 3.16. The molecule has 1 saturated heterocycles. The summed E-state index contributed by atoms with van der Waals surface area (Å²) in [5.41, 5.74) is 1.27. The van der Waals surface area contributed by atoms with Crippen LogP contribution in [0.1, 0.15) is 31.7 Å². The standard InChI is InChI=1S/C17H26N2O/c1-2-20-17-6-4-3-5-15(17)12-18-11-14-9-10-19(13-14)16-7-8-16/h3-6,14,16,18H,2,7-13H2,1H3. The summed E-state index contributed by atoms with van der Waals surface area (Å²) in [6.45, 7) is 7.42. The first-order chi connectivity index (χ1) is 9.86. The van der Waals surface area contributed by atoms with Crippen molar-refractivity contribution >= 4 is 0 Å². The second-order valence-corrected chi connectivity index (χ2v) is 6.05. The third-order valence-electron chi connectivity index (χ3n) is 4.40. The van der Waals surface area contributed by atoms with Crippen LogP contribution in [0.5, 0.6) is 5.75 Å². The molecule has 1 aliphatic heterocycles. The summed E-state index contributed by atoms with van der Waals surface area (Å²) in [4.78, 5) is 2.68. The Bertz CT molecular complexity index is 431. The molecule has 20 heavy (non-hydrogen) atoms. The molecule has 3 rings (SSSR count). The molecule has 0 spiro atoms. The van der Waals surface area contributed by atoms with Gasteiger partial charge in [-0.15, -0.1) is 0 Å². The Balaban J connectivity index is 1.43. The number of hydrogen-bond acceptors (Lipinski definition) is 3. The smallest absolute Gasteiger partial charge is 0.123 e. The predicted molar refractivity (Wildman–Crippen MR) is 82.0 cm³/mol. The number of rotatable bonds is 7. The van der Waals surface area contributed by atoms with E-state index in [1.807, 2.05) is 13.0 Å². The van der Waals surface area contributed by atoms with Crippen LogP contribution in [0, 0.1) is 5.92 Å². The van der Waals surface area contributed by atoms with Crippen molar-refractivity contribution in [1.29, 1.82) is 0 Å². The van der Waals surface area contributed by atoms with E-state index in [2.05, 4.69) is 28.4 Å². The van der Waals surface area contributed by atoms with E-state index in [1.54, 1.807) is 0 Å². The van der Waals surface area contributed by atoms with Crippen molar-refractivity contribution in [3.8, 4) is 5.75 Å². The molecule has 1 saturated carbocycles. The lowest BCUT2D eigenvalue weighted by molar-refractivity contribution is 0.311. The Hall–Kier alpha value is -1.06. The van der Waals surface area contributed by atoms with E-state index in [9.17, 15) is 0 Å². The molecular weight excluding hydrogens is 248 g/mol. The fourth-order valence-corrected chi connectivity index (χ4v) is 3.16. The first-order valence-electron chi connectivity index (χ1n) is 8.02. The number of para-hydroxylation sites is 1. The molecule has 2 fully saturated rings. The van der Waals surface area contributed by atoms with Gasteiger partial charge >= 0.3 is 0 Å². The van der Waals surface area contributed by atoms with Crippen molar-refractivity contribution in [3.05, 3.63) is 29.8 Å². The van der Waals surface area contributed by atoms with Crippen LogP contribution in [0.4, 0.5) is 0 Å². The lowest BCUT2D eigenvalue weighted by Crippen LogP contribution is -2.27. The zero-order valence-electron chi connectivity index (χ0n) is 12.5. The number of hydrogen-bond donors (Lipinski definition) is 1. The van der Waals surface area contributed by atoms with E-state index in [4.69, 9.17) is 4.74 Å². The van der Waals surface area contributed by atoms with Gasteiger partial charge in [0.15, 0.2) is 0 Å². The van der Waals surface area contributed by atoms with Crippen molar-refractivity contribution in [1.82, 2.24) is 10.2 Å². The van der Waals surface area contributed by atoms with Gasteiger partial charge in [-0.25, -0.2) is 0 Å². The minimum absolute atomic E-state index is 0.732. The Kier molecular flexibility index (Phi) is 4.58.